The number of benzene rings is 3. The van der Waals surface area contributed by atoms with E-state index < -0.39 is 24.2 Å². The molecule has 0 aliphatic heterocycles. The fraction of sp³-hybridized carbons (Fsp3) is 0.267. The zero-order valence-corrected chi connectivity index (χ0v) is 25.1. The van der Waals surface area contributed by atoms with Crippen molar-refractivity contribution in [2.45, 2.75) is 37.6 Å². The number of rotatable bonds is 10. The number of ether oxygens (including phenoxy) is 1. The lowest BCUT2D eigenvalue weighted by atomic mass is 9.87. The Hall–Kier alpha value is -2.63. The maximum Gasteiger partial charge on any atom is 0.247 e. The molecule has 0 fully saturated rings. The monoisotopic (exact) mass is 694 g/mol. The number of nitrogens with one attached hydrogen (secondary N) is 1. The van der Waals surface area contributed by atoms with Crippen LogP contribution in [0.2, 0.25) is 10.0 Å². The summed E-state index contributed by atoms with van der Waals surface area (Å²) in [4.78, 5) is 28.5. The average molecular weight is 695 g/mol. The van der Waals surface area contributed by atoms with E-state index in [4.69, 9.17) is 27.9 Å². The molecule has 210 valence electrons. The van der Waals surface area contributed by atoms with Crippen LogP contribution in [0.4, 0.5) is 0 Å². The minimum absolute atomic E-state index is 0.0720. The fourth-order valence-electron chi connectivity index (χ4n) is 4.56. The Bertz CT molecular complexity index is 1370. The first-order valence-corrected chi connectivity index (χ1v) is 14.6. The van der Waals surface area contributed by atoms with Gasteiger partial charge in [-0.3, -0.25) is 9.59 Å². The van der Waals surface area contributed by atoms with Crippen molar-refractivity contribution in [3.63, 3.8) is 0 Å². The van der Waals surface area contributed by atoms with Gasteiger partial charge in [-0.25, -0.2) is 0 Å². The normalized spacial score (nSPS) is 18.5. The molecule has 0 aromatic heterocycles. The van der Waals surface area contributed by atoms with E-state index in [1.54, 1.807) is 35.2 Å². The highest BCUT2D eigenvalue weighted by atomic mass is 127. The highest BCUT2D eigenvalue weighted by Crippen LogP contribution is 2.32. The number of hydrogen-bond donors (Lipinski definition) is 3. The van der Waals surface area contributed by atoms with Crippen molar-refractivity contribution in [2.75, 3.05) is 13.2 Å². The SMILES string of the molecule is O=C(NCCO)C1=C[C@H](Oc2ccccc2I)[C@@H](O)[C@H](N(Cc2ccc(Cl)cc2Cl)C(=O)Cc2ccccc2)C1. The molecule has 0 saturated carbocycles. The molecule has 10 heteroatoms. The summed E-state index contributed by atoms with van der Waals surface area (Å²) in [6.07, 6.45) is -0.316. The van der Waals surface area contributed by atoms with Crippen LogP contribution < -0.4 is 10.1 Å². The quantitative estimate of drug-likeness (QED) is 0.266. The van der Waals surface area contributed by atoms with Crippen LogP contribution >= 0.6 is 45.8 Å². The Morgan fingerprint density at radius 3 is 2.48 bits per heavy atom. The van der Waals surface area contributed by atoms with Crippen molar-refractivity contribution >= 4 is 57.6 Å². The molecule has 0 heterocycles. The molecule has 0 spiro atoms. The second-order valence-corrected chi connectivity index (χ2v) is 11.4. The van der Waals surface area contributed by atoms with E-state index in [2.05, 4.69) is 27.9 Å². The van der Waals surface area contributed by atoms with E-state index in [0.29, 0.717) is 26.9 Å². The lowest BCUT2D eigenvalue weighted by Crippen LogP contribution is -2.55. The molecule has 40 heavy (non-hydrogen) atoms. The highest BCUT2D eigenvalue weighted by Gasteiger charge is 2.40. The number of halogens is 3. The molecule has 3 aromatic carbocycles. The van der Waals surface area contributed by atoms with Crippen LogP contribution in [0.15, 0.2) is 84.4 Å². The summed E-state index contributed by atoms with van der Waals surface area (Å²) >= 11 is 14.7. The lowest BCUT2D eigenvalue weighted by Gasteiger charge is -2.41. The topological polar surface area (TPSA) is 99.1 Å². The summed E-state index contributed by atoms with van der Waals surface area (Å²) in [6, 6.07) is 20.9. The summed E-state index contributed by atoms with van der Waals surface area (Å²) in [6.45, 7) is -0.0585. The predicted molar refractivity (Wildman–Crippen MR) is 163 cm³/mol. The minimum Gasteiger partial charge on any atom is -0.482 e. The van der Waals surface area contributed by atoms with Gasteiger partial charge in [0.2, 0.25) is 11.8 Å². The molecule has 0 bridgehead atoms. The van der Waals surface area contributed by atoms with E-state index in [0.717, 1.165) is 9.13 Å². The van der Waals surface area contributed by atoms with Crippen molar-refractivity contribution in [1.29, 1.82) is 0 Å². The van der Waals surface area contributed by atoms with Gasteiger partial charge in [0.1, 0.15) is 18.0 Å². The molecule has 0 radical (unpaired) electrons. The van der Waals surface area contributed by atoms with Crippen molar-refractivity contribution in [1.82, 2.24) is 10.2 Å². The first kappa shape index (κ1) is 30.3. The molecule has 3 N–H and O–H groups in total. The molecule has 0 saturated heterocycles. The van der Waals surface area contributed by atoms with Crippen LogP contribution in [-0.2, 0) is 22.6 Å². The average Bonchev–Trinajstić information content (AvgIpc) is 2.94. The Morgan fingerprint density at radius 2 is 1.77 bits per heavy atom. The van der Waals surface area contributed by atoms with Gasteiger partial charge in [-0.15, -0.1) is 0 Å². The number of amides is 2. The number of carbonyl (C=O) groups excluding carboxylic acids is 2. The van der Waals surface area contributed by atoms with Crippen LogP contribution in [0.5, 0.6) is 5.75 Å². The zero-order chi connectivity index (χ0) is 28.6. The van der Waals surface area contributed by atoms with Gasteiger partial charge in [-0.1, -0.05) is 71.7 Å². The molecule has 3 aromatic rings. The highest BCUT2D eigenvalue weighted by molar-refractivity contribution is 14.1. The molecule has 1 aliphatic rings. The molecule has 2 amide bonds. The summed E-state index contributed by atoms with van der Waals surface area (Å²) in [7, 11) is 0. The Labute approximate surface area is 256 Å². The van der Waals surface area contributed by atoms with Crippen LogP contribution in [0.25, 0.3) is 0 Å². The van der Waals surface area contributed by atoms with Crippen LogP contribution in [0.1, 0.15) is 17.5 Å². The van der Waals surface area contributed by atoms with Crippen LogP contribution in [-0.4, -0.2) is 58.3 Å². The Balaban J connectivity index is 1.72. The van der Waals surface area contributed by atoms with Crippen molar-refractivity contribution in [3.8, 4) is 5.75 Å². The summed E-state index contributed by atoms with van der Waals surface area (Å²) < 4.78 is 7.04. The number of aliphatic hydroxyl groups excluding tert-OH is 2. The maximum atomic E-state index is 13.9. The van der Waals surface area contributed by atoms with E-state index in [-0.39, 0.29) is 38.4 Å². The van der Waals surface area contributed by atoms with E-state index in [9.17, 15) is 19.8 Å². The van der Waals surface area contributed by atoms with Gasteiger partial charge < -0.3 is 25.2 Å². The van der Waals surface area contributed by atoms with Gasteiger partial charge in [0.15, 0.2) is 0 Å². The molecule has 4 rings (SSSR count). The van der Waals surface area contributed by atoms with Crippen molar-refractivity contribution < 1.29 is 24.5 Å². The Morgan fingerprint density at radius 1 is 1.05 bits per heavy atom. The predicted octanol–water partition coefficient (Wildman–Crippen LogP) is 4.79. The summed E-state index contributed by atoms with van der Waals surface area (Å²) in [5.74, 6) is -0.101. The van der Waals surface area contributed by atoms with E-state index in [1.165, 1.54) is 0 Å². The molecule has 3 atom stereocenters. The standard InChI is InChI=1S/C30H29Cl2IN2O5/c31-22-11-10-20(23(32)17-22)18-35(28(37)14-19-6-2-1-3-7-19)25-15-21(30(39)34-12-13-36)16-27(29(25)38)40-26-9-5-4-8-24(26)33/h1-11,16-17,25,27,29,36,38H,12-15,18H2,(H,34,39)/t25-,27+,29+/m1/s1. The second-order valence-electron chi connectivity index (χ2n) is 9.37. The van der Waals surface area contributed by atoms with Crippen LogP contribution in [0.3, 0.4) is 0 Å². The second kappa shape index (κ2) is 14.3. The van der Waals surface area contributed by atoms with Crippen molar-refractivity contribution in [3.05, 3.63) is 109 Å². The van der Waals surface area contributed by atoms with Gasteiger partial charge in [-0.2, -0.15) is 0 Å². The molecule has 0 unspecified atom stereocenters. The lowest BCUT2D eigenvalue weighted by molar-refractivity contribution is -0.138. The van der Waals surface area contributed by atoms with E-state index >= 15 is 0 Å². The first-order valence-electron chi connectivity index (χ1n) is 12.7. The third-order valence-corrected chi connectivity index (χ3v) is 8.07. The largest absolute Gasteiger partial charge is 0.482 e. The first-order chi connectivity index (χ1) is 19.3. The van der Waals surface area contributed by atoms with E-state index in [1.807, 2.05) is 48.5 Å². The number of aliphatic hydroxyl groups is 2. The third-order valence-electron chi connectivity index (χ3n) is 6.59. The van der Waals surface area contributed by atoms with Gasteiger partial charge in [0.25, 0.3) is 0 Å². The number of carbonyl (C=O) groups is 2. The number of para-hydroxylation sites is 1. The molecule has 7 nitrogen and oxygen atoms in total. The van der Waals surface area contributed by atoms with Gasteiger partial charge in [-0.05, 0) is 64.1 Å². The van der Waals surface area contributed by atoms with Gasteiger partial charge in [0, 0.05) is 35.1 Å². The summed E-state index contributed by atoms with van der Waals surface area (Å²) in [5, 5.41) is 24.4. The minimum atomic E-state index is -1.16. The third kappa shape index (κ3) is 7.76. The molecular weight excluding hydrogens is 666 g/mol. The number of nitrogens with zero attached hydrogens (tertiary/aromatic N) is 1. The smallest absolute Gasteiger partial charge is 0.247 e. The van der Waals surface area contributed by atoms with Gasteiger partial charge >= 0.3 is 0 Å². The van der Waals surface area contributed by atoms with Crippen LogP contribution in [0, 0.1) is 3.57 Å². The summed E-state index contributed by atoms with van der Waals surface area (Å²) in [5.41, 5.74) is 1.81. The zero-order valence-electron chi connectivity index (χ0n) is 21.5. The number of hydrogen-bond acceptors (Lipinski definition) is 5. The van der Waals surface area contributed by atoms with Crippen molar-refractivity contribution in [2.24, 2.45) is 0 Å². The van der Waals surface area contributed by atoms with Gasteiger partial charge in [0.05, 0.1) is 22.6 Å². The fourth-order valence-corrected chi connectivity index (χ4v) is 5.55. The maximum absolute atomic E-state index is 13.9. The molecular formula is C30H29Cl2IN2O5. The molecule has 1 aliphatic carbocycles. The Kier molecular flexibility index (Phi) is 10.9.